The molecule has 3 nitrogen and oxygen atoms in total. The van der Waals surface area contributed by atoms with E-state index in [0.29, 0.717) is 11.4 Å². The number of likely N-dealkylation sites (tertiary alicyclic amines) is 1. The number of halogens is 1. The largest absolute Gasteiger partial charge is 0.399 e. The molecule has 2 rings (SSSR count). The molecule has 3 N–H and O–H groups in total. The van der Waals surface area contributed by atoms with E-state index >= 15 is 0 Å². The average Bonchev–Trinajstić information content (AvgIpc) is 2.79. The minimum atomic E-state index is -0.272. The van der Waals surface area contributed by atoms with Crippen LogP contribution in [0.15, 0.2) is 18.2 Å². The van der Waals surface area contributed by atoms with Crippen molar-refractivity contribution in [3.63, 3.8) is 0 Å². The van der Waals surface area contributed by atoms with Crippen LogP contribution >= 0.6 is 0 Å². The van der Waals surface area contributed by atoms with E-state index in [1.807, 2.05) is 0 Å². The summed E-state index contributed by atoms with van der Waals surface area (Å²) < 4.78 is 13.4. The van der Waals surface area contributed by atoms with E-state index in [4.69, 9.17) is 5.73 Å². The Morgan fingerprint density at radius 1 is 1.29 bits per heavy atom. The fourth-order valence-corrected chi connectivity index (χ4v) is 2.21. The van der Waals surface area contributed by atoms with Crippen molar-refractivity contribution in [2.75, 3.05) is 37.2 Å². The smallest absolute Gasteiger partial charge is 0.148 e. The summed E-state index contributed by atoms with van der Waals surface area (Å²) in [4.78, 5) is 2.46. The molecule has 0 unspecified atom stereocenters. The number of nitrogen functional groups attached to an aromatic ring is 1. The third-order valence-corrected chi connectivity index (χ3v) is 3.16. The van der Waals surface area contributed by atoms with Gasteiger partial charge in [0.1, 0.15) is 5.82 Å². The second-order valence-corrected chi connectivity index (χ2v) is 4.57. The molecule has 1 fully saturated rings. The summed E-state index contributed by atoms with van der Waals surface area (Å²) in [7, 11) is 0. The summed E-state index contributed by atoms with van der Waals surface area (Å²) in [5, 5.41) is 3.11. The Bertz CT molecular complexity index is 362. The molecule has 1 aliphatic rings. The van der Waals surface area contributed by atoms with Crippen LogP contribution in [0.3, 0.4) is 0 Å². The van der Waals surface area contributed by atoms with Gasteiger partial charge in [0.25, 0.3) is 0 Å². The van der Waals surface area contributed by atoms with Crippen LogP contribution in [0.25, 0.3) is 0 Å². The molecule has 0 spiro atoms. The van der Waals surface area contributed by atoms with Crippen molar-refractivity contribution in [1.29, 1.82) is 0 Å². The highest BCUT2D eigenvalue weighted by Crippen LogP contribution is 2.16. The highest BCUT2D eigenvalue weighted by atomic mass is 19.1. The van der Waals surface area contributed by atoms with Crippen molar-refractivity contribution < 1.29 is 4.39 Å². The van der Waals surface area contributed by atoms with E-state index in [1.54, 1.807) is 12.1 Å². The molecule has 0 atom stereocenters. The number of benzene rings is 1. The van der Waals surface area contributed by atoms with Crippen molar-refractivity contribution in [3.8, 4) is 0 Å². The van der Waals surface area contributed by atoms with Crippen LogP contribution in [0, 0.1) is 5.82 Å². The third-order valence-electron chi connectivity index (χ3n) is 3.16. The van der Waals surface area contributed by atoms with Gasteiger partial charge in [-0.25, -0.2) is 4.39 Å². The summed E-state index contributed by atoms with van der Waals surface area (Å²) in [6, 6.07) is 4.76. The van der Waals surface area contributed by atoms with E-state index in [-0.39, 0.29) is 5.82 Å². The van der Waals surface area contributed by atoms with Gasteiger partial charge in [0.15, 0.2) is 0 Å². The lowest BCUT2D eigenvalue weighted by Crippen LogP contribution is -2.22. The van der Waals surface area contributed by atoms with Crippen LogP contribution in [0.4, 0.5) is 15.8 Å². The van der Waals surface area contributed by atoms with Gasteiger partial charge in [-0.05, 0) is 57.1 Å². The normalized spacial score (nSPS) is 16.3. The number of hydrogen-bond acceptors (Lipinski definition) is 3. The summed E-state index contributed by atoms with van der Waals surface area (Å²) in [5.41, 5.74) is 6.50. The van der Waals surface area contributed by atoms with E-state index in [0.717, 1.165) is 19.5 Å². The van der Waals surface area contributed by atoms with Gasteiger partial charge < -0.3 is 16.0 Å². The number of anilines is 2. The van der Waals surface area contributed by atoms with Gasteiger partial charge in [-0.15, -0.1) is 0 Å². The van der Waals surface area contributed by atoms with Crippen LogP contribution in [0.1, 0.15) is 19.3 Å². The highest BCUT2D eigenvalue weighted by molar-refractivity contribution is 5.52. The maximum Gasteiger partial charge on any atom is 0.148 e. The average molecular weight is 237 g/mol. The minimum Gasteiger partial charge on any atom is -0.399 e. The second kappa shape index (κ2) is 5.87. The van der Waals surface area contributed by atoms with Crippen LogP contribution in [0.5, 0.6) is 0 Å². The van der Waals surface area contributed by atoms with Crippen LogP contribution in [-0.2, 0) is 0 Å². The van der Waals surface area contributed by atoms with Gasteiger partial charge in [0.05, 0.1) is 5.69 Å². The molecule has 0 aromatic heterocycles. The zero-order chi connectivity index (χ0) is 12.1. The minimum absolute atomic E-state index is 0.272. The van der Waals surface area contributed by atoms with Crippen LogP contribution in [-0.4, -0.2) is 31.1 Å². The lowest BCUT2D eigenvalue weighted by molar-refractivity contribution is 0.337. The first-order valence-corrected chi connectivity index (χ1v) is 6.27. The number of rotatable bonds is 5. The predicted molar refractivity (Wildman–Crippen MR) is 69.6 cm³/mol. The molecule has 0 amide bonds. The standard InChI is InChI=1S/C13H20FN3/c14-12-10-11(15)4-5-13(12)16-6-3-9-17-7-1-2-8-17/h4-5,10,16H,1-3,6-9,15H2. The molecule has 1 heterocycles. The lowest BCUT2D eigenvalue weighted by atomic mass is 10.2. The molecule has 0 radical (unpaired) electrons. The first kappa shape index (κ1) is 12.2. The van der Waals surface area contributed by atoms with Gasteiger partial charge in [0.2, 0.25) is 0 Å². The quantitative estimate of drug-likeness (QED) is 0.610. The molecule has 1 aliphatic heterocycles. The second-order valence-electron chi connectivity index (χ2n) is 4.57. The van der Waals surface area contributed by atoms with E-state index in [9.17, 15) is 4.39 Å². The topological polar surface area (TPSA) is 41.3 Å². The molecule has 94 valence electrons. The first-order valence-electron chi connectivity index (χ1n) is 6.27. The zero-order valence-electron chi connectivity index (χ0n) is 10.1. The maximum absolute atomic E-state index is 13.4. The van der Waals surface area contributed by atoms with E-state index in [1.165, 1.54) is 32.0 Å². The molecule has 17 heavy (non-hydrogen) atoms. The molecule has 1 aromatic rings. The van der Waals surface area contributed by atoms with E-state index in [2.05, 4.69) is 10.2 Å². The Balaban J connectivity index is 1.70. The fourth-order valence-electron chi connectivity index (χ4n) is 2.21. The highest BCUT2D eigenvalue weighted by Gasteiger charge is 2.10. The molecular formula is C13H20FN3. The van der Waals surface area contributed by atoms with E-state index < -0.39 is 0 Å². The van der Waals surface area contributed by atoms with Crippen molar-refractivity contribution in [2.45, 2.75) is 19.3 Å². The van der Waals surface area contributed by atoms with Crippen molar-refractivity contribution in [3.05, 3.63) is 24.0 Å². The molecule has 0 bridgehead atoms. The van der Waals surface area contributed by atoms with Crippen molar-refractivity contribution in [1.82, 2.24) is 4.90 Å². The maximum atomic E-state index is 13.4. The lowest BCUT2D eigenvalue weighted by Gasteiger charge is -2.14. The monoisotopic (exact) mass is 237 g/mol. The number of hydrogen-bond donors (Lipinski definition) is 2. The SMILES string of the molecule is Nc1ccc(NCCCN2CCCC2)c(F)c1. The van der Waals surface area contributed by atoms with Crippen LogP contribution < -0.4 is 11.1 Å². The Kier molecular flexibility index (Phi) is 4.20. The number of nitrogens with zero attached hydrogens (tertiary/aromatic N) is 1. The van der Waals surface area contributed by atoms with Gasteiger partial charge in [-0.1, -0.05) is 0 Å². The van der Waals surface area contributed by atoms with Gasteiger partial charge in [-0.3, -0.25) is 0 Å². The first-order chi connectivity index (χ1) is 8.25. The Hall–Kier alpha value is -1.29. The van der Waals surface area contributed by atoms with Crippen LogP contribution in [0.2, 0.25) is 0 Å². The van der Waals surface area contributed by atoms with Crippen molar-refractivity contribution in [2.24, 2.45) is 0 Å². The summed E-state index contributed by atoms with van der Waals surface area (Å²) in [6.07, 6.45) is 3.68. The van der Waals surface area contributed by atoms with Gasteiger partial charge in [0, 0.05) is 12.2 Å². The molecule has 1 saturated heterocycles. The molecular weight excluding hydrogens is 217 g/mol. The Morgan fingerprint density at radius 3 is 2.76 bits per heavy atom. The zero-order valence-corrected chi connectivity index (χ0v) is 10.1. The summed E-state index contributed by atoms with van der Waals surface area (Å²) in [5.74, 6) is -0.272. The third kappa shape index (κ3) is 3.60. The van der Waals surface area contributed by atoms with Gasteiger partial charge in [-0.2, -0.15) is 0 Å². The number of nitrogens with two attached hydrogens (primary N) is 1. The molecule has 4 heteroatoms. The summed E-state index contributed by atoms with van der Waals surface area (Å²) >= 11 is 0. The number of nitrogens with one attached hydrogen (secondary N) is 1. The van der Waals surface area contributed by atoms with Gasteiger partial charge >= 0.3 is 0 Å². The Labute approximate surface area is 102 Å². The predicted octanol–water partition coefficient (Wildman–Crippen LogP) is 2.31. The fraction of sp³-hybridized carbons (Fsp3) is 0.538. The molecule has 0 saturated carbocycles. The Morgan fingerprint density at radius 2 is 2.06 bits per heavy atom. The van der Waals surface area contributed by atoms with Crippen molar-refractivity contribution >= 4 is 11.4 Å². The summed E-state index contributed by atoms with van der Waals surface area (Å²) in [6.45, 7) is 4.34. The molecule has 1 aromatic carbocycles. The molecule has 0 aliphatic carbocycles.